The normalized spacial score (nSPS) is 37.9. The summed E-state index contributed by atoms with van der Waals surface area (Å²) >= 11 is 0. The van der Waals surface area contributed by atoms with E-state index in [9.17, 15) is 0 Å². The fourth-order valence-corrected chi connectivity index (χ4v) is 3.59. The van der Waals surface area contributed by atoms with Crippen LogP contribution in [0, 0.1) is 11.8 Å². The predicted octanol–water partition coefficient (Wildman–Crippen LogP) is 3.36. The first kappa shape index (κ1) is 13.4. The van der Waals surface area contributed by atoms with Crippen molar-refractivity contribution in [1.82, 2.24) is 5.32 Å². The third-order valence-electron chi connectivity index (χ3n) is 4.99. The Morgan fingerprint density at radius 1 is 1.24 bits per heavy atom. The standard InChI is InChI=1S/C15H29NO/c1-4-15(5-2)11-16-10-14(17-15)13-8-6-7-12(3)9-13/h12-14,16H,4-11H2,1-3H3. The molecule has 1 aliphatic heterocycles. The Hall–Kier alpha value is -0.0800. The van der Waals surface area contributed by atoms with Crippen molar-refractivity contribution >= 4 is 0 Å². The molecule has 0 bridgehead atoms. The maximum Gasteiger partial charge on any atom is 0.0805 e. The first-order valence-corrected chi connectivity index (χ1v) is 7.57. The lowest BCUT2D eigenvalue weighted by Crippen LogP contribution is -2.55. The van der Waals surface area contributed by atoms with Crippen LogP contribution in [0.3, 0.4) is 0 Å². The maximum atomic E-state index is 6.50. The molecule has 2 fully saturated rings. The Morgan fingerprint density at radius 3 is 2.65 bits per heavy atom. The van der Waals surface area contributed by atoms with Crippen molar-refractivity contribution in [2.24, 2.45) is 11.8 Å². The summed E-state index contributed by atoms with van der Waals surface area (Å²) in [4.78, 5) is 0. The number of rotatable bonds is 3. The number of hydrogen-bond acceptors (Lipinski definition) is 2. The zero-order valence-electron chi connectivity index (χ0n) is 11.8. The minimum atomic E-state index is 0.115. The van der Waals surface area contributed by atoms with Crippen LogP contribution in [-0.4, -0.2) is 24.8 Å². The minimum Gasteiger partial charge on any atom is -0.369 e. The van der Waals surface area contributed by atoms with E-state index in [2.05, 4.69) is 26.1 Å². The molecule has 17 heavy (non-hydrogen) atoms. The van der Waals surface area contributed by atoms with Crippen molar-refractivity contribution in [3.8, 4) is 0 Å². The number of morpholine rings is 1. The van der Waals surface area contributed by atoms with Gasteiger partial charge in [0.15, 0.2) is 0 Å². The van der Waals surface area contributed by atoms with E-state index in [0.29, 0.717) is 6.10 Å². The Labute approximate surface area is 107 Å². The van der Waals surface area contributed by atoms with Crippen LogP contribution >= 0.6 is 0 Å². The van der Waals surface area contributed by atoms with E-state index in [4.69, 9.17) is 4.74 Å². The molecule has 1 heterocycles. The number of hydrogen-bond donors (Lipinski definition) is 1. The third-order valence-corrected chi connectivity index (χ3v) is 4.99. The van der Waals surface area contributed by atoms with E-state index < -0.39 is 0 Å². The van der Waals surface area contributed by atoms with Gasteiger partial charge in [0.25, 0.3) is 0 Å². The van der Waals surface area contributed by atoms with Crippen molar-refractivity contribution in [2.45, 2.75) is 71.0 Å². The van der Waals surface area contributed by atoms with Gasteiger partial charge in [-0.2, -0.15) is 0 Å². The molecular weight excluding hydrogens is 210 g/mol. The third kappa shape index (κ3) is 3.03. The van der Waals surface area contributed by atoms with Crippen LogP contribution in [0.4, 0.5) is 0 Å². The van der Waals surface area contributed by atoms with Crippen LogP contribution in [0.25, 0.3) is 0 Å². The van der Waals surface area contributed by atoms with Crippen LogP contribution in [0.15, 0.2) is 0 Å². The second kappa shape index (κ2) is 5.71. The van der Waals surface area contributed by atoms with Gasteiger partial charge in [-0.25, -0.2) is 0 Å². The van der Waals surface area contributed by atoms with E-state index in [-0.39, 0.29) is 5.60 Å². The maximum absolute atomic E-state index is 6.50. The van der Waals surface area contributed by atoms with Crippen LogP contribution in [-0.2, 0) is 4.74 Å². The number of ether oxygens (including phenoxy) is 1. The molecule has 2 aliphatic rings. The molecule has 3 atom stereocenters. The van der Waals surface area contributed by atoms with Crippen LogP contribution in [0.1, 0.15) is 59.3 Å². The second-order valence-electron chi connectivity index (χ2n) is 6.21. The largest absolute Gasteiger partial charge is 0.369 e. The summed E-state index contributed by atoms with van der Waals surface area (Å²) in [5.41, 5.74) is 0.115. The van der Waals surface area contributed by atoms with Crippen molar-refractivity contribution in [1.29, 1.82) is 0 Å². The lowest BCUT2D eigenvalue weighted by molar-refractivity contribution is -0.145. The highest BCUT2D eigenvalue weighted by atomic mass is 16.5. The first-order chi connectivity index (χ1) is 8.19. The summed E-state index contributed by atoms with van der Waals surface area (Å²) in [6.45, 7) is 9.03. The van der Waals surface area contributed by atoms with Gasteiger partial charge in [0.05, 0.1) is 11.7 Å². The molecule has 2 rings (SSSR count). The molecule has 2 nitrogen and oxygen atoms in total. The molecule has 0 aromatic rings. The van der Waals surface area contributed by atoms with Gasteiger partial charge in [-0.3, -0.25) is 0 Å². The summed E-state index contributed by atoms with van der Waals surface area (Å²) in [5.74, 6) is 1.70. The van der Waals surface area contributed by atoms with Gasteiger partial charge in [-0.1, -0.05) is 33.6 Å². The summed E-state index contributed by atoms with van der Waals surface area (Å²) in [6.07, 6.45) is 8.30. The summed E-state index contributed by atoms with van der Waals surface area (Å²) in [7, 11) is 0. The molecule has 0 aromatic heterocycles. The smallest absolute Gasteiger partial charge is 0.0805 e. The van der Waals surface area contributed by atoms with Gasteiger partial charge in [-0.15, -0.1) is 0 Å². The Bertz CT molecular complexity index is 237. The highest BCUT2D eigenvalue weighted by Gasteiger charge is 2.38. The highest BCUT2D eigenvalue weighted by molar-refractivity contribution is 4.90. The summed E-state index contributed by atoms with van der Waals surface area (Å²) < 4.78 is 6.50. The summed E-state index contributed by atoms with van der Waals surface area (Å²) in [6, 6.07) is 0. The van der Waals surface area contributed by atoms with Gasteiger partial charge >= 0.3 is 0 Å². The van der Waals surface area contributed by atoms with Crippen molar-refractivity contribution in [2.75, 3.05) is 13.1 Å². The Kier molecular flexibility index (Phi) is 4.48. The van der Waals surface area contributed by atoms with Gasteiger partial charge in [-0.05, 0) is 37.5 Å². The van der Waals surface area contributed by atoms with E-state index in [1.807, 2.05) is 0 Å². The van der Waals surface area contributed by atoms with Crippen LogP contribution in [0.2, 0.25) is 0 Å². The molecule has 2 heteroatoms. The van der Waals surface area contributed by atoms with Gasteiger partial charge in [0, 0.05) is 13.1 Å². The van der Waals surface area contributed by atoms with E-state index in [1.165, 1.54) is 25.7 Å². The fourth-order valence-electron chi connectivity index (χ4n) is 3.59. The average molecular weight is 239 g/mol. The topological polar surface area (TPSA) is 21.3 Å². The molecule has 0 spiro atoms. The molecule has 100 valence electrons. The molecular formula is C15H29NO. The average Bonchev–Trinajstić information content (AvgIpc) is 2.39. The monoisotopic (exact) mass is 239 g/mol. The number of nitrogens with one attached hydrogen (secondary N) is 1. The van der Waals surface area contributed by atoms with E-state index in [1.54, 1.807) is 0 Å². The molecule has 0 amide bonds. The molecule has 1 N–H and O–H groups in total. The van der Waals surface area contributed by atoms with Crippen LogP contribution < -0.4 is 5.32 Å². The molecule has 3 unspecified atom stereocenters. The Morgan fingerprint density at radius 2 is 2.00 bits per heavy atom. The first-order valence-electron chi connectivity index (χ1n) is 7.57. The van der Waals surface area contributed by atoms with Crippen molar-refractivity contribution in [3.05, 3.63) is 0 Å². The van der Waals surface area contributed by atoms with Crippen LogP contribution in [0.5, 0.6) is 0 Å². The van der Waals surface area contributed by atoms with Gasteiger partial charge in [0.2, 0.25) is 0 Å². The zero-order chi connectivity index (χ0) is 12.3. The lowest BCUT2D eigenvalue weighted by atomic mass is 9.78. The molecule has 1 aliphatic carbocycles. The van der Waals surface area contributed by atoms with E-state index in [0.717, 1.165) is 37.8 Å². The zero-order valence-corrected chi connectivity index (χ0v) is 11.8. The lowest BCUT2D eigenvalue weighted by Gasteiger charge is -2.45. The second-order valence-corrected chi connectivity index (χ2v) is 6.21. The summed E-state index contributed by atoms with van der Waals surface area (Å²) in [5, 5.41) is 3.61. The molecule has 1 saturated heterocycles. The molecule has 0 radical (unpaired) electrons. The molecule has 0 aromatic carbocycles. The Balaban J connectivity index is 1.96. The quantitative estimate of drug-likeness (QED) is 0.815. The van der Waals surface area contributed by atoms with Crippen molar-refractivity contribution in [3.63, 3.8) is 0 Å². The van der Waals surface area contributed by atoms with E-state index >= 15 is 0 Å². The van der Waals surface area contributed by atoms with Gasteiger partial charge in [0.1, 0.15) is 0 Å². The SMILES string of the molecule is CCC1(CC)CNCC(C2CCCC(C)C2)O1. The predicted molar refractivity (Wildman–Crippen MR) is 72.2 cm³/mol. The van der Waals surface area contributed by atoms with Crippen molar-refractivity contribution < 1.29 is 4.74 Å². The fraction of sp³-hybridized carbons (Fsp3) is 1.00. The molecule has 1 saturated carbocycles. The highest BCUT2D eigenvalue weighted by Crippen LogP contribution is 2.35. The van der Waals surface area contributed by atoms with Gasteiger partial charge < -0.3 is 10.1 Å². The minimum absolute atomic E-state index is 0.115.